The first-order valence-corrected chi connectivity index (χ1v) is 5.09. The number of thiophene rings is 1. The molecule has 1 heterocycles. The maximum atomic E-state index is 11.4. The van der Waals surface area contributed by atoms with Gasteiger partial charge >= 0.3 is 5.97 Å². The van der Waals surface area contributed by atoms with E-state index in [0.717, 1.165) is 17.8 Å². The van der Waals surface area contributed by atoms with E-state index in [1.807, 2.05) is 6.92 Å². The summed E-state index contributed by atoms with van der Waals surface area (Å²) in [5.74, 6) is -1.08. The molecule has 0 saturated carbocycles. The number of esters is 1. The van der Waals surface area contributed by atoms with E-state index in [1.165, 1.54) is 0 Å². The van der Waals surface area contributed by atoms with E-state index in [0.29, 0.717) is 6.61 Å². The van der Waals surface area contributed by atoms with Crippen molar-refractivity contribution < 1.29 is 14.3 Å². The Balaban J connectivity index is 2.79. The van der Waals surface area contributed by atoms with Crippen LogP contribution in [0.2, 0.25) is 0 Å². The third kappa shape index (κ3) is 2.32. The summed E-state index contributed by atoms with van der Waals surface area (Å²) in [4.78, 5) is 22.5. The largest absolute Gasteiger partial charge is 0.462 e. The normalized spacial score (nSPS) is 9.79. The Kier molecular flexibility index (Phi) is 3.64. The molecule has 0 unspecified atom stereocenters. The zero-order chi connectivity index (χ0) is 10.6. The van der Waals surface area contributed by atoms with Gasteiger partial charge in [0.25, 0.3) is 5.91 Å². The molecule has 4 nitrogen and oxygen atoms in total. The maximum Gasteiger partial charge on any atom is 0.339 e. The molecule has 1 aromatic heterocycles. The summed E-state index contributed by atoms with van der Waals surface area (Å²) >= 11 is 1.14. The van der Waals surface area contributed by atoms with Gasteiger partial charge in [-0.05, 0) is 17.9 Å². The van der Waals surface area contributed by atoms with E-state index in [1.54, 1.807) is 11.4 Å². The van der Waals surface area contributed by atoms with Crippen LogP contribution in [0.5, 0.6) is 0 Å². The molecule has 0 aromatic carbocycles. The SMILES string of the molecule is CCCOC(=O)c1ccsc1C(N)=O. The van der Waals surface area contributed by atoms with Gasteiger partial charge in [-0.1, -0.05) is 6.92 Å². The zero-order valence-corrected chi connectivity index (χ0v) is 8.60. The molecule has 0 aliphatic carbocycles. The van der Waals surface area contributed by atoms with E-state index in [2.05, 4.69) is 0 Å². The summed E-state index contributed by atoms with van der Waals surface area (Å²) in [6.45, 7) is 2.25. The lowest BCUT2D eigenvalue weighted by atomic mass is 10.2. The van der Waals surface area contributed by atoms with Gasteiger partial charge in [0, 0.05) is 0 Å². The summed E-state index contributed by atoms with van der Waals surface area (Å²) in [5, 5.41) is 1.64. The van der Waals surface area contributed by atoms with Gasteiger partial charge in [-0.25, -0.2) is 4.79 Å². The lowest BCUT2D eigenvalue weighted by Crippen LogP contribution is -2.15. The Morgan fingerprint density at radius 3 is 2.86 bits per heavy atom. The number of nitrogens with two attached hydrogens (primary N) is 1. The number of hydrogen-bond donors (Lipinski definition) is 1. The fourth-order valence-corrected chi connectivity index (χ4v) is 1.67. The van der Waals surface area contributed by atoms with Crippen LogP contribution in [0.3, 0.4) is 0 Å². The molecule has 1 amide bonds. The first-order chi connectivity index (χ1) is 6.66. The Labute approximate surface area is 85.7 Å². The van der Waals surface area contributed by atoms with Crippen LogP contribution >= 0.6 is 11.3 Å². The molecule has 0 spiro atoms. The Bertz CT molecular complexity index is 346. The molecule has 0 aliphatic heterocycles. The lowest BCUT2D eigenvalue weighted by Gasteiger charge is -2.01. The van der Waals surface area contributed by atoms with Gasteiger partial charge in [0.1, 0.15) is 4.88 Å². The number of primary amides is 1. The number of amides is 1. The molecule has 1 rings (SSSR count). The second kappa shape index (κ2) is 4.76. The summed E-state index contributed by atoms with van der Waals surface area (Å²) < 4.78 is 4.89. The Hall–Kier alpha value is -1.36. The monoisotopic (exact) mass is 213 g/mol. The first-order valence-electron chi connectivity index (χ1n) is 4.21. The minimum Gasteiger partial charge on any atom is -0.462 e. The summed E-state index contributed by atoms with van der Waals surface area (Å²) in [5.41, 5.74) is 5.35. The van der Waals surface area contributed by atoms with Gasteiger partial charge < -0.3 is 10.5 Å². The van der Waals surface area contributed by atoms with Crippen LogP contribution in [0, 0.1) is 0 Å². The van der Waals surface area contributed by atoms with Crippen LogP contribution in [0.1, 0.15) is 33.4 Å². The molecular weight excluding hydrogens is 202 g/mol. The van der Waals surface area contributed by atoms with Crippen molar-refractivity contribution in [1.82, 2.24) is 0 Å². The number of ether oxygens (including phenoxy) is 1. The molecule has 0 saturated heterocycles. The first kappa shape index (κ1) is 10.7. The molecule has 0 atom stereocenters. The third-order valence-electron chi connectivity index (χ3n) is 1.55. The van der Waals surface area contributed by atoms with Crippen molar-refractivity contribution in [3.05, 3.63) is 21.9 Å². The van der Waals surface area contributed by atoms with Crippen LogP contribution in [-0.2, 0) is 4.74 Å². The fraction of sp³-hybridized carbons (Fsp3) is 0.333. The van der Waals surface area contributed by atoms with E-state index >= 15 is 0 Å². The zero-order valence-electron chi connectivity index (χ0n) is 7.78. The summed E-state index contributed by atoms with van der Waals surface area (Å²) in [6.07, 6.45) is 0.752. The van der Waals surface area contributed by atoms with Crippen molar-refractivity contribution >= 4 is 23.2 Å². The van der Waals surface area contributed by atoms with Gasteiger partial charge in [-0.2, -0.15) is 0 Å². The second-order valence-corrected chi connectivity index (χ2v) is 3.58. The van der Waals surface area contributed by atoms with Gasteiger partial charge in [-0.15, -0.1) is 11.3 Å². The Morgan fingerprint density at radius 2 is 2.29 bits per heavy atom. The van der Waals surface area contributed by atoms with Crippen molar-refractivity contribution in [3.8, 4) is 0 Å². The third-order valence-corrected chi connectivity index (χ3v) is 2.48. The van der Waals surface area contributed by atoms with Crippen LogP contribution in [-0.4, -0.2) is 18.5 Å². The molecule has 0 fully saturated rings. The van der Waals surface area contributed by atoms with Gasteiger partial charge in [0.2, 0.25) is 0 Å². The van der Waals surface area contributed by atoms with Crippen LogP contribution in [0.4, 0.5) is 0 Å². The predicted octanol–water partition coefficient (Wildman–Crippen LogP) is 1.41. The van der Waals surface area contributed by atoms with Gasteiger partial charge in [-0.3, -0.25) is 4.79 Å². The molecule has 0 aliphatic rings. The minimum atomic E-state index is -0.594. The number of hydrogen-bond acceptors (Lipinski definition) is 4. The van der Waals surface area contributed by atoms with Crippen molar-refractivity contribution in [1.29, 1.82) is 0 Å². The standard InChI is InChI=1S/C9H11NO3S/c1-2-4-13-9(12)6-3-5-14-7(6)8(10)11/h3,5H,2,4H2,1H3,(H2,10,11). The molecule has 0 bridgehead atoms. The molecule has 2 N–H and O–H groups in total. The minimum absolute atomic E-state index is 0.256. The van der Waals surface area contributed by atoms with Crippen molar-refractivity contribution in [2.75, 3.05) is 6.61 Å². The molecule has 14 heavy (non-hydrogen) atoms. The highest BCUT2D eigenvalue weighted by molar-refractivity contribution is 7.12. The fourth-order valence-electron chi connectivity index (χ4n) is 0.933. The Morgan fingerprint density at radius 1 is 1.57 bits per heavy atom. The molecule has 76 valence electrons. The van der Waals surface area contributed by atoms with Crippen molar-refractivity contribution in [3.63, 3.8) is 0 Å². The number of rotatable bonds is 4. The van der Waals surface area contributed by atoms with E-state index in [4.69, 9.17) is 10.5 Å². The maximum absolute atomic E-state index is 11.4. The van der Waals surface area contributed by atoms with E-state index in [-0.39, 0.29) is 10.4 Å². The predicted molar refractivity (Wildman–Crippen MR) is 53.4 cm³/mol. The van der Waals surface area contributed by atoms with Gasteiger partial charge in [0.15, 0.2) is 0 Å². The van der Waals surface area contributed by atoms with E-state index in [9.17, 15) is 9.59 Å². The van der Waals surface area contributed by atoms with Crippen molar-refractivity contribution in [2.24, 2.45) is 5.73 Å². The number of carbonyl (C=O) groups is 2. The quantitative estimate of drug-likeness (QED) is 0.769. The van der Waals surface area contributed by atoms with Crippen LogP contribution in [0.25, 0.3) is 0 Å². The molecule has 5 heteroatoms. The van der Waals surface area contributed by atoms with E-state index < -0.39 is 11.9 Å². The molecular formula is C9H11NO3S. The summed E-state index contributed by atoms with van der Waals surface area (Å²) in [6, 6.07) is 1.54. The smallest absolute Gasteiger partial charge is 0.339 e. The van der Waals surface area contributed by atoms with Crippen LogP contribution in [0.15, 0.2) is 11.4 Å². The highest BCUT2D eigenvalue weighted by atomic mass is 32.1. The van der Waals surface area contributed by atoms with Gasteiger partial charge in [0.05, 0.1) is 12.2 Å². The topological polar surface area (TPSA) is 69.4 Å². The highest BCUT2D eigenvalue weighted by Gasteiger charge is 2.17. The highest BCUT2D eigenvalue weighted by Crippen LogP contribution is 2.16. The average molecular weight is 213 g/mol. The molecule has 1 aromatic rings. The molecule has 0 radical (unpaired) electrons. The average Bonchev–Trinajstić information content (AvgIpc) is 2.62. The lowest BCUT2D eigenvalue weighted by molar-refractivity contribution is 0.0503. The van der Waals surface area contributed by atoms with Crippen molar-refractivity contribution in [2.45, 2.75) is 13.3 Å². The number of carbonyl (C=O) groups excluding carboxylic acids is 2. The van der Waals surface area contributed by atoms with Crippen LogP contribution < -0.4 is 5.73 Å². The summed E-state index contributed by atoms with van der Waals surface area (Å²) in [7, 11) is 0. The second-order valence-electron chi connectivity index (χ2n) is 2.66.